The minimum Gasteiger partial charge on any atom is -0.328 e. The van der Waals surface area contributed by atoms with Gasteiger partial charge in [0, 0.05) is 29.9 Å². The molecular formula is C11H15N3. The average molecular weight is 189 g/mol. The fourth-order valence-electron chi connectivity index (χ4n) is 1.74. The number of aromatic nitrogens is 2. The first kappa shape index (κ1) is 9.21. The monoisotopic (exact) mass is 189 g/mol. The largest absolute Gasteiger partial charge is 0.328 e. The molecule has 3 nitrogen and oxygen atoms in total. The Balaban J connectivity index is 2.56. The number of fused-ring (bicyclic) bond motifs is 1. The highest BCUT2D eigenvalue weighted by Gasteiger charge is 2.06. The molecule has 0 spiro atoms. The molecule has 0 aliphatic rings. The molecule has 0 saturated carbocycles. The van der Waals surface area contributed by atoms with Crippen LogP contribution in [-0.4, -0.2) is 15.6 Å². The maximum Gasteiger partial charge on any atom is 0.140 e. The minimum absolute atomic E-state index is 0.159. The summed E-state index contributed by atoms with van der Waals surface area (Å²) >= 11 is 0. The van der Waals surface area contributed by atoms with E-state index in [0.29, 0.717) is 0 Å². The van der Waals surface area contributed by atoms with Crippen molar-refractivity contribution in [3.8, 4) is 0 Å². The van der Waals surface area contributed by atoms with Gasteiger partial charge in [0.2, 0.25) is 0 Å². The number of nitrogens with two attached hydrogens (primary N) is 1. The van der Waals surface area contributed by atoms with Crippen LogP contribution in [-0.2, 0) is 6.54 Å². The summed E-state index contributed by atoms with van der Waals surface area (Å²) in [4.78, 5) is 4.36. The number of rotatable bonds is 2. The van der Waals surface area contributed by atoms with E-state index in [-0.39, 0.29) is 6.04 Å². The Bertz CT molecular complexity index is 443. The van der Waals surface area contributed by atoms with Crippen molar-refractivity contribution in [2.75, 3.05) is 0 Å². The van der Waals surface area contributed by atoms with Gasteiger partial charge >= 0.3 is 0 Å². The Morgan fingerprint density at radius 1 is 1.57 bits per heavy atom. The molecule has 0 aliphatic heterocycles. The van der Waals surface area contributed by atoms with Gasteiger partial charge in [0.05, 0.1) is 0 Å². The Labute approximate surface area is 83.6 Å². The Morgan fingerprint density at radius 2 is 2.36 bits per heavy atom. The molecule has 0 amide bonds. The normalized spacial score (nSPS) is 13.4. The molecule has 0 fully saturated rings. The zero-order valence-corrected chi connectivity index (χ0v) is 8.57. The molecule has 74 valence electrons. The molecule has 0 radical (unpaired) electrons. The predicted molar refractivity (Wildman–Crippen MR) is 58.1 cm³/mol. The zero-order valence-electron chi connectivity index (χ0n) is 8.57. The third-order valence-electron chi connectivity index (χ3n) is 2.33. The highest BCUT2D eigenvalue weighted by Crippen LogP contribution is 2.16. The molecule has 2 aromatic heterocycles. The van der Waals surface area contributed by atoms with Crippen LogP contribution in [0.15, 0.2) is 24.4 Å². The van der Waals surface area contributed by atoms with Gasteiger partial charge in [-0.25, -0.2) is 4.98 Å². The lowest BCUT2D eigenvalue weighted by atomic mass is 10.3. The third-order valence-corrected chi connectivity index (χ3v) is 2.33. The summed E-state index contributed by atoms with van der Waals surface area (Å²) in [6, 6.07) is 6.33. The maximum absolute atomic E-state index is 5.79. The first-order valence-electron chi connectivity index (χ1n) is 4.85. The van der Waals surface area contributed by atoms with Gasteiger partial charge in [-0.15, -0.1) is 0 Å². The standard InChI is InChI=1S/C11H15N3/c1-8(12)7-14-9(2)6-10-4-3-5-13-11(10)14/h3-6,8H,7,12H2,1-2H3. The average Bonchev–Trinajstić information content (AvgIpc) is 2.43. The van der Waals surface area contributed by atoms with Gasteiger partial charge in [-0.05, 0) is 32.0 Å². The number of nitrogens with zero attached hydrogens (tertiary/aromatic N) is 2. The van der Waals surface area contributed by atoms with Gasteiger partial charge in [-0.1, -0.05) is 0 Å². The predicted octanol–water partition coefficient (Wildman–Crippen LogP) is 1.69. The first-order valence-corrected chi connectivity index (χ1v) is 4.85. The van der Waals surface area contributed by atoms with E-state index >= 15 is 0 Å². The second-order valence-electron chi connectivity index (χ2n) is 3.79. The van der Waals surface area contributed by atoms with Crippen molar-refractivity contribution >= 4 is 11.0 Å². The molecular weight excluding hydrogens is 174 g/mol. The summed E-state index contributed by atoms with van der Waals surface area (Å²) in [5, 5.41) is 1.19. The van der Waals surface area contributed by atoms with Crippen LogP contribution < -0.4 is 5.73 Å². The molecule has 1 unspecified atom stereocenters. The van der Waals surface area contributed by atoms with Gasteiger partial charge in [-0.3, -0.25) is 0 Å². The molecule has 3 heteroatoms. The fraction of sp³-hybridized carbons (Fsp3) is 0.364. The molecule has 0 aromatic carbocycles. The van der Waals surface area contributed by atoms with Crippen LogP contribution in [0.3, 0.4) is 0 Å². The SMILES string of the molecule is Cc1cc2cccnc2n1CC(C)N. The van der Waals surface area contributed by atoms with Crippen molar-refractivity contribution in [1.82, 2.24) is 9.55 Å². The summed E-state index contributed by atoms with van der Waals surface area (Å²) in [6.07, 6.45) is 1.82. The number of pyridine rings is 1. The van der Waals surface area contributed by atoms with Crippen LogP contribution in [0.25, 0.3) is 11.0 Å². The quantitative estimate of drug-likeness (QED) is 0.781. The summed E-state index contributed by atoms with van der Waals surface area (Å²) < 4.78 is 2.17. The van der Waals surface area contributed by atoms with Gasteiger partial charge in [-0.2, -0.15) is 0 Å². The molecule has 2 rings (SSSR count). The summed E-state index contributed by atoms with van der Waals surface area (Å²) in [5.74, 6) is 0. The van der Waals surface area contributed by atoms with Crippen molar-refractivity contribution in [2.24, 2.45) is 5.73 Å². The fourth-order valence-corrected chi connectivity index (χ4v) is 1.74. The van der Waals surface area contributed by atoms with Crippen LogP contribution in [0, 0.1) is 6.92 Å². The smallest absolute Gasteiger partial charge is 0.140 e. The molecule has 14 heavy (non-hydrogen) atoms. The van der Waals surface area contributed by atoms with Crippen molar-refractivity contribution in [3.05, 3.63) is 30.1 Å². The lowest BCUT2D eigenvalue weighted by Crippen LogP contribution is -2.22. The van der Waals surface area contributed by atoms with E-state index in [1.807, 2.05) is 19.2 Å². The van der Waals surface area contributed by atoms with Gasteiger partial charge in [0.15, 0.2) is 0 Å². The van der Waals surface area contributed by atoms with Gasteiger partial charge < -0.3 is 10.3 Å². The molecule has 2 aromatic rings. The number of aryl methyl sites for hydroxylation is 1. The number of hydrogen-bond acceptors (Lipinski definition) is 2. The molecule has 0 bridgehead atoms. The van der Waals surface area contributed by atoms with Crippen LogP contribution in [0.5, 0.6) is 0 Å². The molecule has 0 aliphatic carbocycles. The number of hydrogen-bond donors (Lipinski definition) is 1. The van der Waals surface area contributed by atoms with Crippen LogP contribution in [0.2, 0.25) is 0 Å². The second-order valence-corrected chi connectivity index (χ2v) is 3.79. The van der Waals surface area contributed by atoms with E-state index in [0.717, 1.165) is 12.2 Å². The summed E-state index contributed by atoms with van der Waals surface area (Å²) in [7, 11) is 0. The van der Waals surface area contributed by atoms with Crippen LogP contribution >= 0.6 is 0 Å². The Kier molecular flexibility index (Phi) is 2.25. The minimum atomic E-state index is 0.159. The van der Waals surface area contributed by atoms with Crippen molar-refractivity contribution in [3.63, 3.8) is 0 Å². The van der Waals surface area contributed by atoms with E-state index in [1.54, 1.807) is 0 Å². The van der Waals surface area contributed by atoms with Gasteiger partial charge in [0.1, 0.15) is 5.65 Å². The highest BCUT2D eigenvalue weighted by atomic mass is 15.1. The zero-order chi connectivity index (χ0) is 10.1. The Morgan fingerprint density at radius 3 is 3.07 bits per heavy atom. The summed E-state index contributed by atoms with van der Waals surface area (Å²) in [6.45, 7) is 4.92. The third kappa shape index (κ3) is 1.51. The van der Waals surface area contributed by atoms with E-state index in [9.17, 15) is 0 Å². The molecule has 1 atom stereocenters. The van der Waals surface area contributed by atoms with Crippen molar-refractivity contribution in [2.45, 2.75) is 26.4 Å². The van der Waals surface area contributed by atoms with Crippen molar-refractivity contribution in [1.29, 1.82) is 0 Å². The van der Waals surface area contributed by atoms with Gasteiger partial charge in [0.25, 0.3) is 0 Å². The van der Waals surface area contributed by atoms with E-state index in [4.69, 9.17) is 5.73 Å². The first-order chi connectivity index (χ1) is 6.68. The van der Waals surface area contributed by atoms with E-state index < -0.39 is 0 Å². The molecule has 2 N–H and O–H groups in total. The van der Waals surface area contributed by atoms with Crippen LogP contribution in [0.1, 0.15) is 12.6 Å². The lowest BCUT2D eigenvalue weighted by molar-refractivity contribution is 0.592. The lowest BCUT2D eigenvalue weighted by Gasteiger charge is -2.09. The van der Waals surface area contributed by atoms with Crippen molar-refractivity contribution < 1.29 is 0 Å². The molecule has 2 heterocycles. The summed E-state index contributed by atoms with van der Waals surface area (Å²) in [5.41, 5.74) is 8.04. The topological polar surface area (TPSA) is 43.8 Å². The Hall–Kier alpha value is -1.35. The van der Waals surface area contributed by atoms with E-state index in [1.165, 1.54) is 11.1 Å². The maximum atomic E-state index is 5.79. The molecule has 0 saturated heterocycles. The second kappa shape index (κ2) is 3.42. The van der Waals surface area contributed by atoms with Crippen LogP contribution in [0.4, 0.5) is 0 Å². The van der Waals surface area contributed by atoms with E-state index in [2.05, 4.69) is 28.6 Å². The highest BCUT2D eigenvalue weighted by molar-refractivity contribution is 5.77.